The largest absolute Gasteiger partial charge is 0.449 e. The molecule has 0 fully saturated rings. The Morgan fingerprint density at radius 1 is 1.08 bits per heavy atom. The number of para-hydroxylation sites is 1. The minimum absolute atomic E-state index is 0.335. The average Bonchev–Trinajstić information content (AvgIpc) is 2.61. The highest BCUT2D eigenvalue weighted by Gasteiger charge is 2.20. The van der Waals surface area contributed by atoms with Crippen molar-refractivity contribution in [1.29, 1.82) is 0 Å². The molecule has 2 rings (SSSR count). The highest BCUT2D eigenvalue weighted by Crippen LogP contribution is 2.26. The first-order valence-electron chi connectivity index (χ1n) is 8.59. The third-order valence-corrected chi connectivity index (χ3v) is 4.27. The van der Waals surface area contributed by atoms with Crippen LogP contribution in [0.15, 0.2) is 48.5 Å². The van der Waals surface area contributed by atoms with Gasteiger partial charge < -0.3 is 10.1 Å². The van der Waals surface area contributed by atoms with Crippen molar-refractivity contribution in [2.75, 3.05) is 5.32 Å². The summed E-state index contributed by atoms with van der Waals surface area (Å²) in [5, 5.41) is 2.88. The predicted molar refractivity (Wildman–Crippen MR) is 99.8 cm³/mol. The molecule has 132 valence electrons. The average molecular weight is 339 g/mol. The molecular formula is C21H25NO3. The van der Waals surface area contributed by atoms with Crippen molar-refractivity contribution in [3.8, 4) is 0 Å². The Labute approximate surface area is 149 Å². The monoisotopic (exact) mass is 339 g/mol. The fourth-order valence-corrected chi connectivity index (χ4v) is 2.55. The van der Waals surface area contributed by atoms with Gasteiger partial charge >= 0.3 is 5.97 Å². The van der Waals surface area contributed by atoms with Gasteiger partial charge in [-0.2, -0.15) is 0 Å². The topological polar surface area (TPSA) is 55.4 Å². The zero-order valence-electron chi connectivity index (χ0n) is 15.2. The van der Waals surface area contributed by atoms with E-state index in [0.29, 0.717) is 11.5 Å². The van der Waals surface area contributed by atoms with Crippen LogP contribution in [0.3, 0.4) is 0 Å². The second kappa shape index (κ2) is 8.47. The highest BCUT2D eigenvalue weighted by atomic mass is 16.5. The summed E-state index contributed by atoms with van der Waals surface area (Å²) >= 11 is 0. The first-order chi connectivity index (χ1) is 11.9. The van der Waals surface area contributed by atoms with Crippen molar-refractivity contribution in [2.24, 2.45) is 0 Å². The molecule has 1 N–H and O–H groups in total. The number of carbonyl (C=O) groups is 2. The van der Waals surface area contributed by atoms with Gasteiger partial charge in [0.1, 0.15) is 0 Å². The van der Waals surface area contributed by atoms with Crippen LogP contribution in [-0.2, 0) is 9.53 Å². The van der Waals surface area contributed by atoms with Gasteiger partial charge in [-0.15, -0.1) is 0 Å². The van der Waals surface area contributed by atoms with Gasteiger partial charge in [-0.3, -0.25) is 4.79 Å². The van der Waals surface area contributed by atoms with Crippen LogP contribution in [0.2, 0.25) is 0 Å². The van der Waals surface area contributed by atoms with E-state index >= 15 is 0 Å². The molecule has 0 aliphatic heterocycles. The van der Waals surface area contributed by atoms with Gasteiger partial charge in [0, 0.05) is 5.69 Å². The number of carbonyl (C=O) groups excluding carboxylic acids is 2. The number of nitrogens with one attached hydrogen (secondary N) is 1. The van der Waals surface area contributed by atoms with Crippen LogP contribution in [0.4, 0.5) is 5.69 Å². The molecule has 4 heteroatoms. The molecule has 2 atom stereocenters. The first kappa shape index (κ1) is 18.7. The molecule has 0 unspecified atom stereocenters. The number of hydrogen-bond donors (Lipinski definition) is 1. The number of amides is 1. The molecular weight excluding hydrogens is 314 g/mol. The molecule has 2 aromatic carbocycles. The number of rotatable bonds is 6. The zero-order valence-corrected chi connectivity index (χ0v) is 15.2. The second-order valence-electron chi connectivity index (χ2n) is 6.30. The molecule has 0 aliphatic carbocycles. The van der Waals surface area contributed by atoms with Crippen molar-refractivity contribution < 1.29 is 14.3 Å². The first-order valence-corrected chi connectivity index (χ1v) is 8.59. The Balaban J connectivity index is 2.05. The molecule has 2 aromatic rings. The molecule has 0 saturated heterocycles. The van der Waals surface area contributed by atoms with E-state index in [2.05, 4.69) is 19.2 Å². The number of ether oxygens (including phenoxy) is 1. The summed E-state index contributed by atoms with van der Waals surface area (Å²) in [6.07, 6.45) is 0.100. The third-order valence-electron chi connectivity index (χ3n) is 4.27. The zero-order chi connectivity index (χ0) is 18.4. The SMILES string of the molecule is CC[C@H](C)c1ccccc1NC(=O)[C@H](C)OC(=O)c1cccc(C)c1. The van der Waals surface area contributed by atoms with Gasteiger partial charge in [0.05, 0.1) is 5.56 Å². The Hall–Kier alpha value is -2.62. The quantitative estimate of drug-likeness (QED) is 0.777. The fraction of sp³-hybridized carbons (Fsp3) is 0.333. The number of aryl methyl sites for hydroxylation is 1. The molecule has 0 bridgehead atoms. The molecule has 0 heterocycles. The van der Waals surface area contributed by atoms with E-state index in [9.17, 15) is 9.59 Å². The molecule has 1 amide bonds. The third kappa shape index (κ3) is 4.92. The number of hydrogen-bond acceptors (Lipinski definition) is 3. The lowest BCUT2D eigenvalue weighted by atomic mass is 9.97. The molecule has 4 nitrogen and oxygen atoms in total. The summed E-state index contributed by atoms with van der Waals surface area (Å²) in [6, 6.07) is 14.8. The van der Waals surface area contributed by atoms with Crippen LogP contribution in [0.1, 0.15) is 54.6 Å². The van der Waals surface area contributed by atoms with Crippen LogP contribution < -0.4 is 5.32 Å². The van der Waals surface area contributed by atoms with Crippen molar-refractivity contribution >= 4 is 17.6 Å². The Morgan fingerprint density at radius 3 is 2.48 bits per heavy atom. The van der Waals surface area contributed by atoms with E-state index in [1.165, 1.54) is 0 Å². The van der Waals surface area contributed by atoms with E-state index in [1.54, 1.807) is 25.1 Å². The Kier molecular flexibility index (Phi) is 6.34. The van der Waals surface area contributed by atoms with Crippen LogP contribution in [0.25, 0.3) is 0 Å². The lowest BCUT2D eigenvalue weighted by molar-refractivity contribution is -0.123. The standard InChI is InChI=1S/C21H25NO3/c1-5-15(3)18-11-6-7-12-19(18)22-20(23)16(4)25-21(24)17-10-8-9-14(2)13-17/h6-13,15-16H,5H2,1-4H3,(H,22,23)/t15-,16-/m0/s1. The predicted octanol–water partition coefficient (Wildman–Crippen LogP) is 4.69. The molecule has 0 aromatic heterocycles. The number of anilines is 1. The lowest BCUT2D eigenvalue weighted by Crippen LogP contribution is -2.30. The second-order valence-corrected chi connectivity index (χ2v) is 6.30. The maximum Gasteiger partial charge on any atom is 0.338 e. The Morgan fingerprint density at radius 2 is 1.80 bits per heavy atom. The molecule has 0 saturated carbocycles. The van der Waals surface area contributed by atoms with E-state index < -0.39 is 12.1 Å². The summed E-state index contributed by atoms with van der Waals surface area (Å²) in [5.74, 6) is -0.500. The van der Waals surface area contributed by atoms with Gasteiger partial charge in [0.15, 0.2) is 6.10 Å². The van der Waals surface area contributed by atoms with Gasteiger partial charge in [-0.25, -0.2) is 4.79 Å². The summed E-state index contributed by atoms with van der Waals surface area (Å²) in [6.45, 7) is 7.70. The van der Waals surface area contributed by atoms with Crippen LogP contribution in [0, 0.1) is 6.92 Å². The smallest absolute Gasteiger partial charge is 0.338 e. The van der Waals surface area contributed by atoms with Crippen molar-refractivity contribution in [2.45, 2.75) is 46.1 Å². The minimum atomic E-state index is -0.877. The van der Waals surface area contributed by atoms with E-state index in [0.717, 1.165) is 23.2 Å². The lowest BCUT2D eigenvalue weighted by Gasteiger charge is -2.18. The normalized spacial score (nSPS) is 13.0. The summed E-state index contributed by atoms with van der Waals surface area (Å²) in [7, 11) is 0. The van der Waals surface area contributed by atoms with E-state index in [1.807, 2.05) is 37.3 Å². The van der Waals surface area contributed by atoms with Gasteiger partial charge in [-0.1, -0.05) is 49.7 Å². The maximum atomic E-state index is 12.4. The maximum absolute atomic E-state index is 12.4. The summed E-state index contributed by atoms with van der Waals surface area (Å²) in [4.78, 5) is 24.6. The molecule has 0 spiro atoms. The van der Waals surface area contributed by atoms with Gasteiger partial charge in [0.2, 0.25) is 0 Å². The Bertz CT molecular complexity index is 754. The summed E-state index contributed by atoms with van der Waals surface area (Å²) in [5.41, 5.74) is 3.25. The van der Waals surface area contributed by atoms with Gasteiger partial charge in [-0.05, 0) is 49.9 Å². The molecule has 25 heavy (non-hydrogen) atoms. The van der Waals surface area contributed by atoms with Crippen molar-refractivity contribution in [3.05, 3.63) is 65.2 Å². The van der Waals surface area contributed by atoms with E-state index in [-0.39, 0.29) is 5.91 Å². The van der Waals surface area contributed by atoms with Crippen LogP contribution in [0.5, 0.6) is 0 Å². The number of esters is 1. The molecule has 0 aliphatic rings. The van der Waals surface area contributed by atoms with Crippen LogP contribution in [-0.4, -0.2) is 18.0 Å². The minimum Gasteiger partial charge on any atom is -0.449 e. The van der Waals surface area contributed by atoms with Crippen molar-refractivity contribution in [3.63, 3.8) is 0 Å². The van der Waals surface area contributed by atoms with E-state index in [4.69, 9.17) is 4.74 Å². The fourth-order valence-electron chi connectivity index (χ4n) is 2.55. The van der Waals surface area contributed by atoms with Crippen molar-refractivity contribution in [1.82, 2.24) is 0 Å². The van der Waals surface area contributed by atoms with Crippen LogP contribution >= 0.6 is 0 Å². The highest BCUT2D eigenvalue weighted by molar-refractivity contribution is 5.97. The van der Waals surface area contributed by atoms with Gasteiger partial charge in [0.25, 0.3) is 5.91 Å². The number of benzene rings is 2. The summed E-state index contributed by atoms with van der Waals surface area (Å²) < 4.78 is 5.30. The molecule has 0 radical (unpaired) electrons.